The Bertz CT molecular complexity index is 642. The fourth-order valence-corrected chi connectivity index (χ4v) is 2.88. The van der Waals surface area contributed by atoms with Crippen LogP contribution in [0.3, 0.4) is 0 Å². The largest absolute Gasteiger partial charge is 0.322 e. The molecule has 3 amide bonds. The first kappa shape index (κ1) is 13.1. The van der Waals surface area contributed by atoms with Crippen molar-refractivity contribution < 1.29 is 14.4 Å². The highest BCUT2D eigenvalue weighted by Gasteiger charge is 2.39. The zero-order chi connectivity index (χ0) is 14.4. The molecular formula is C14H13ClN2O3. The van der Waals surface area contributed by atoms with E-state index in [0.29, 0.717) is 23.6 Å². The number of carbonyl (C=O) groups is 3. The van der Waals surface area contributed by atoms with Crippen LogP contribution >= 0.6 is 11.6 Å². The van der Waals surface area contributed by atoms with E-state index in [1.54, 1.807) is 6.07 Å². The first-order chi connectivity index (χ1) is 9.47. The number of hydrogen-bond donors (Lipinski definition) is 1. The standard InChI is InChI=1S/C14H13ClN2O3/c1-7-4-8-6-17(14(20)9(8)5-10(7)15)11-2-3-12(18)16-13(11)19/h4-5,11H,2-3,6H2,1H3,(H,16,18,19). The van der Waals surface area contributed by atoms with Gasteiger partial charge >= 0.3 is 0 Å². The number of carbonyl (C=O) groups excluding carboxylic acids is 3. The van der Waals surface area contributed by atoms with Gasteiger partial charge in [-0.05, 0) is 30.5 Å². The molecule has 1 unspecified atom stereocenters. The van der Waals surface area contributed by atoms with Crippen LogP contribution in [-0.2, 0) is 16.1 Å². The number of aryl methyl sites for hydroxylation is 1. The number of halogens is 1. The summed E-state index contributed by atoms with van der Waals surface area (Å²) in [4.78, 5) is 36.9. The van der Waals surface area contributed by atoms with E-state index < -0.39 is 11.9 Å². The lowest BCUT2D eigenvalue weighted by molar-refractivity contribution is -0.136. The Hall–Kier alpha value is -1.88. The molecule has 5 nitrogen and oxygen atoms in total. The average Bonchev–Trinajstić information content (AvgIpc) is 2.68. The summed E-state index contributed by atoms with van der Waals surface area (Å²) in [7, 11) is 0. The van der Waals surface area contributed by atoms with Crippen molar-refractivity contribution in [1.82, 2.24) is 10.2 Å². The zero-order valence-electron chi connectivity index (χ0n) is 10.9. The van der Waals surface area contributed by atoms with Crippen molar-refractivity contribution in [3.63, 3.8) is 0 Å². The molecule has 6 heteroatoms. The fraction of sp³-hybridized carbons (Fsp3) is 0.357. The molecule has 2 heterocycles. The topological polar surface area (TPSA) is 66.5 Å². The molecular weight excluding hydrogens is 280 g/mol. The second kappa shape index (κ2) is 4.59. The van der Waals surface area contributed by atoms with Gasteiger partial charge in [-0.25, -0.2) is 0 Å². The van der Waals surface area contributed by atoms with Gasteiger partial charge in [-0.1, -0.05) is 17.7 Å². The molecule has 2 aliphatic rings. The molecule has 0 saturated carbocycles. The van der Waals surface area contributed by atoms with Crippen LogP contribution < -0.4 is 5.32 Å². The summed E-state index contributed by atoms with van der Waals surface area (Å²) in [5.41, 5.74) is 2.33. The third-order valence-electron chi connectivity index (χ3n) is 3.80. The van der Waals surface area contributed by atoms with Gasteiger partial charge in [0.25, 0.3) is 5.91 Å². The number of rotatable bonds is 1. The van der Waals surface area contributed by atoms with Gasteiger partial charge in [-0.3, -0.25) is 19.7 Å². The summed E-state index contributed by atoms with van der Waals surface area (Å²) in [6, 6.07) is 2.95. The van der Waals surface area contributed by atoms with Gasteiger partial charge in [-0.15, -0.1) is 0 Å². The molecule has 0 bridgehead atoms. The van der Waals surface area contributed by atoms with Crippen LogP contribution in [0.5, 0.6) is 0 Å². The summed E-state index contributed by atoms with van der Waals surface area (Å²) in [5.74, 6) is -0.879. The van der Waals surface area contributed by atoms with Gasteiger partial charge in [0.2, 0.25) is 11.8 Å². The van der Waals surface area contributed by atoms with Crippen LogP contribution in [0, 0.1) is 6.92 Å². The molecule has 3 rings (SSSR count). The summed E-state index contributed by atoms with van der Waals surface area (Å²) in [5, 5.41) is 2.82. The van der Waals surface area contributed by atoms with Crippen LogP contribution in [0.4, 0.5) is 0 Å². The predicted octanol–water partition coefficient (Wildman–Crippen LogP) is 1.41. The van der Waals surface area contributed by atoms with Crippen LogP contribution in [0.1, 0.15) is 34.3 Å². The SMILES string of the molecule is Cc1cc2c(cc1Cl)C(=O)N(C1CCC(=O)NC1=O)C2. The monoisotopic (exact) mass is 292 g/mol. The van der Waals surface area contributed by atoms with Gasteiger partial charge < -0.3 is 4.90 Å². The second-order valence-corrected chi connectivity index (χ2v) is 5.57. The molecule has 0 radical (unpaired) electrons. The maximum atomic E-state index is 12.4. The van der Waals surface area contributed by atoms with Crippen LogP contribution in [0.2, 0.25) is 5.02 Å². The molecule has 1 atom stereocenters. The molecule has 1 fully saturated rings. The fourth-order valence-electron chi connectivity index (χ4n) is 2.71. The molecule has 0 aromatic heterocycles. The minimum absolute atomic E-state index is 0.198. The third kappa shape index (κ3) is 1.98. The molecule has 1 aromatic rings. The van der Waals surface area contributed by atoms with Crippen molar-refractivity contribution >= 4 is 29.3 Å². The Balaban J connectivity index is 1.90. The van der Waals surface area contributed by atoms with Crippen molar-refractivity contribution in [1.29, 1.82) is 0 Å². The molecule has 104 valence electrons. The van der Waals surface area contributed by atoms with Crippen molar-refractivity contribution in [2.45, 2.75) is 32.4 Å². The number of amides is 3. The lowest BCUT2D eigenvalue weighted by atomic mass is 10.0. The molecule has 0 aliphatic carbocycles. The van der Waals surface area contributed by atoms with E-state index in [4.69, 9.17) is 11.6 Å². The minimum Gasteiger partial charge on any atom is -0.322 e. The average molecular weight is 293 g/mol. The maximum absolute atomic E-state index is 12.4. The van der Waals surface area contributed by atoms with Gasteiger partial charge in [0.15, 0.2) is 0 Å². The van der Waals surface area contributed by atoms with E-state index in [-0.39, 0.29) is 18.2 Å². The van der Waals surface area contributed by atoms with Gasteiger partial charge in [0.05, 0.1) is 0 Å². The van der Waals surface area contributed by atoms with Gasteiger partial charge in [0.1, 0.15) is 6.04 Å². The van der Waals surface area contributed by atoms with Crippen molar-refractivity contribution in [3.05, 3.63) is 33.8 Å². The van der Waals surface area contributed by atoms with Gasteiger partial charge in [-0.2, -0.15) is 0 Å². The van der Waals surface area contributed by atoms with E-state index in [9.17, 15) is 14.4 Å². The maximum Gasteiger partial charge on any atom is 0.255 e. The molecule has 1 aromatic carbocycles. The van der Waals surface area contributed by atoms with E-state index in [2.05, 4.69) is 5.32 Å². The summed E-state index contributed by atoms with van der Waals surface area (Å²) < 4.78 is 0. The highest BCUT2D eigenvalue weighted by Crippen LogP contribution is 2.31. The summed E-state index contributed by atoms with van der Waals surface area (Å²) in [6.07, 6.45) is 0.632. The van der Waals surface area contributed by atoms with Crippen molar-refractivity contribution in [2.24, 2.45) is 0 Å². The van der Waals surface area contributed by atoms with E-state index in [0.717, 1.165) is 11.1 Å². The number of fused-ring (bicyclic) bond motifs is 1. The van der Waals surface area contributed by atoms with Crippen molar-refractivity contribution in [2.75, 3.05) is 0 Å². The number of hydrogen-bond acceptors (Lipinski definition) is 3. The third-order valence-corrected chi connectivity index (χ3v) is 4.21. The number of nitrogens with one attached hydrogen (secondary N) is 1. The Morgan fingerprint density at radius 3 is 2.75 bits per heavy atom. The smallest absolute Gasteiger partial charge is 0.255 e. The van der Waals surface area contributed by atoms with Crippen LogP contribution in [0.25, 0.3) is 0 Å². The summed E-state index contributed by atoms with van der Waals surface area (Å²) >= 11 is 6.04. The predicted molar refractivity (Wildman–Crippen MR) is 72.2 cm³/mol. The van der Waals surface area contributed by atoms with Gasteiger partial charge in [0, 0.05) is 23.6 Å². The first-order valence-electron chi connectivity index (χ1n) is 6.41. The lowest BCUT2D eigenvalue weighted by Gasteiger charge is -2.29. The number of piperidine rings is 1. The zero-order valence-corrected chi connectivity index (χ0v) is 11.7. The molecule has 1 saturated heterocycles. The van der Waals surface area contributed by atoms with E-state index >= 15 is 0 Å². The minimum atomic E-state index is -0.577. The van der Waals surface area contributed by atoms with Crippen LogP contribution in [-0.4, -0.2) is 28.7 Å². The van der Waals surface area contributed by atoms with Crippen molar-refractivity contribution in [3.8, 4) is 0 Å². The summed E-state index contributed by atoms with van der Waals surface area (Å²) in [6.45, 7) is 2.26. The highest BCUT2D eigenvalue weighted by atomic mass is 35.5. The van der Waals surface area contributed by atoms with Crippen LogP contribution in [0.15, 0.2) is 12.1 Å². The lowest BCUT2D eigenvalue weighted by Crippen LogP contribution is -2.52. The molecule has 20 heavy (non-hydrogen) atoms. The Morgan fingerprint density at radius 2 is 2.05 bits per heavy atom. The highest BCUT2D eigenvalue weighted by molar-refractivity contribution is 6.31. The number of nitrogens with zero attached hydrogens (tertiary/aromatic N) is 1. The molecule has 2 aliphatic heterocycles. The Labute approximate surface area is 120 Å². The molecule has 1 N–H and O–H groups in total. The molecule has 0 spiro atoms. The second-order valence-electron chi connectivity index (χ2n) is 5.16. The Morgan fingerprint density at radius 1 is 1.30 bits per heavy atom. The quantitative estimate of drug-likeness (QED) is 0.796. The van der Waals surface area contributed by atoms with E-state index in [1.165, 1.54) is 4.90 Å². The normalized spacial score (nSPS) is 22.0. The number of imide groups is 1. The first-order valence-corrected chi connectivity index (χ1v) is 6.79. The Kier molecular flexibility index (Phi) is 3.01. The van der Waals surface area contributed by atoms with E-state index in [1.807, 2.05) is 13.0 Å². The number of benzene rings is 1.